The molecule has 0 bridgehead atoms. The van der Waals surface area contributed by atoms with Crippen molar-refractivity contribution >= 4 is 35.4 Å². The first kappa shape index (κ1) is 18.7. The highest BCUT2D eigenvalue weighted by Gasteiger charge is 2.57. The average Bonchev–Trinajstić information content (AvgIpc) is 3.07. The van der Waals surface area contributed by atoms with Crippen molar-refractivity contribution in [3.8, 4) is 0 Å². The van der Waals surface area contributed by atoms with E-state index < -0.39 is 29.9 Å². The van der Waals surface area contributed by atoms with Crippen LogP contribution in [0.15, 0.2) is 10.6 Å². The Bertz CT molecular complexity index is 699. The first-order chi connectivity index (χ1) is 12.1. The number of aliphatic hydroxyl groups is 1. The molecule has 0 saturated carbocycles. The number of rotatable bonds is 5. The summed E-state index contributed by atoms with van der Waals surface area (Å²) in [6, 6.07) is -0.908. The number of amides is 2. The number of carboxylic acids is 1. The van der Waals surface area contributed by atoms with Gasteiger partial charge in [0, 0.05) is 23.1 Å². The molecule has 3 aliphatic rings. The lowest BCUT2D eigenvalue weighted by Gasteiger charge is -2.44. The Hall–Kier alpha value is -2.07. The van der Waals surface area contributed by atoms with Gasteiger partial charge in [-0.15, -0.1) is 11.8 Å². The summed E-state index contributed by atoms with van der Waals surface area (Å²) in [6.07, 6.45) is -0.0232. The van der Waals surface area contributed by atoms with Crippen molar-refractivity contribution in [3.63, 3.8) is 0 Å². The molecule has 0 aromatic carbocycles. The summed E-state index contributed by atoms with van der Waals surface area (Å²) in [7, 11) is 0. The number of primary amides is 1. The lowest BCUT2D eigenvalue weighted by molar-refractivity contribution is -0.161. The van der Waals surface area contributed by atoms with Gasteiger partial charge in [0.25, 0.3) is 0 Å². The number of thioether (sulfide) groups is 1. The van der Waals surface area contributed by atoms with Gasteiger partial charge in [0.2, 0.25) is 11.8 Å². The van der Waals surface area contributed by atoms with Crippen molar-refractivity contribution in [1.82, 2.24) is 9.80 Å². The molecule has 0 aromatic rings. The minimum Gasteiger partial charge on any atom is -0.477 e. The smallest absolute Gasteiger partial charge is 0.353 e. The Labute approximate surface area is 154 Å². The van der Waals surface area contributed by atoms with Crippen LogP contribution in [0.4, 0.5) is 0 Å². The number of amidine groups is 1. The van der Waals surface area contributed by atoms with Gasteiger partial charge in [-0.2, -0.15) is 0 Å². The molecule has 0 aliphatic carbocycles. The molecule has 5 N–H and O–H groups in total. The zero-order valence-electron chi connectivity index (χ0n) is 14.5. The largest absolute Gasteiger partial charge is 0.477 e. The summed E-state index contributed by atoms with van der Waals surface area (Å²) >= 11 is 1.33. The van der Waals surface area contributed by atoms with Gasteiger partial charge in [-0.05, 0) is 20.3 Å². The predicted octanol–water partition coefficient (Wildman–Crippen LogP) is -0.447. The second-order valence-electron chi connectivity index (χ2n) is 6.95. The van der Waals surface area contributed by atoms with Gasteiger partial charge in [0.05, 0.1) is 23.9 Å². The van der Waals surface area contributed by atoms with Gasteiger partial charge >= 0.3 is 5.97 Å². The van der Waals surface area contributed by atoms with Crippen LogP contribution in [0.2, 0.25) is 0 Å². The van der Waals surface area contributed by atoms with Crippen molar-refractivity contribution in [3.05, 3.63) is 10.6 Å². The quantitative estimate of drug-likeness (QED) is 0.286. The van der Waals surface area contributed by atoms with Crippen LogP contribution in [0.1, 0.15) is 26.7 Å². The zero-order valence-corrected chi connectivity index (χ0v) is 15.3. The van der Waals surface area contributed by atoms with Crippen molar-refractivity contribution in [2.24, 2.45) is 11.7 Å². The second kappa shape index (κ2) is 6.58. The van der Waals surface area contributed by atoms with Gasteiger partial charge in [-0.1, -0.05) is 0 Å². The number of nitrogens with two attached hydrogens (primary N) is 1. The van der Waals surface area contributed by atoms with Crippen LogP contribution in [0.3, 0.4) is 0 Å². The summed E-state index contributed by atoms with van der Waals surface area (Å²) in [5, 5.41) is 27.0. The zero-order chi connectivity index (χ0) is 19.3. The summed E-state index contributed by atoms with van der Waals surface area (Å²) in [6.45, 7) is 3.53. The summed E-state index contributed by atoms with van der Waals surface area (Å²) in [4.78, 5) is 39.0. The standard InChI is InChI=1S/C16H22N4O5S/c1-6(21)12-9-4-11(13(16(24)25)20(9)15(12)23)26-8-3-10(14(18)22)19(5-8)7(2)17/h6,8-10,12,17,21H,3-5H2,1-2H3,(H2,18,22)(H,24,25)/t6-,8+,9-,10+,12-/m1/s1. The molecule has 9 nitrogen and oxygen atoms in total. The Morgan fingerprint density at radius 1 is 1.42 bits per heavy atom. The maximum absolute atomic E-state index is 12.2. The third-order valence-corrected chi connectivity index (χ3v) is 6.54. The normalized spacial score (nSPS) is 31.7. The fourth-order valence-electron chi connectivity index (χ4n) is 4.06. The van der Waals surface area contributed by atoms with E-state index in [2.05, 4.69) is 0 Å². The van der Waals surface area contributed by atoms with Crippen LogP contribution >= 0.6 is 11.8 Å². The van der Waals surface area contributed by atoms with E-state index in [1.807, 2.05) is 0 Å². The van der Waals surface area contributed by atoms with Crippen LogP contribution in [-0.2, 0) is 14.4 Å². The van der Waals surface area contributed by atoms with E-state index >= 15 is 0 Å². The Morgan fingerprint density at radius 3 is 2.54 bits per heavy atom. The van der Waals surface area contributed by atoms with E-state index in [0.29, 0.717) is 24.3 Å². The Morgan fingerprint density at radius 2 is 2.08 bits per heavy atom. The molecule has 2 saturated heterocycles. The van der Waals surface area contributed by atoms with E-state index in [1.165, 1.54) is 23.6 Å². The number of aliphatic carboxylic acids is 1. The molecule has 0 spiro atoms. The second-order valence-corrected chi connectivity index (χ2v) is 8.35. The van der Waals surface area contributed by atoms with E-state index in [4.69, 9.17) is 11.1 Å². The van der Waals surface area contributed by atoms with Crippen molar-refractivity contribution in [2.45, 2.75) is 50.1 Å². The molecule has 2 amide bonds. The topological polar surface area (TPSA) is 148 Å². The van der Waals surface area contributed by atoms with Crippen LogP contribution in [0.25, 0.3) is 0 Å². The molecule has 10 heteroatoms. The number of carbonyl (C=O) groups excluding carboxylic acids is 2. The number of nitrogens with zero attached hydrogens (tertiary/aromatic N) is 2. The number of likely N-dealkylation sites (tertiary alicyclic amines) is 1. The summed E-state index contributed by atoms with van der Waals surface area (Å²) in [5.74, 6) is -2.38. The van der Waals surface area contributed by atoms with Gasteiger partial charge in [-0.25, -0.2) is 4.79 Å². The minimum absolute atomic E-state index is 0.0254. The molecule has 142 valence electrons. The Balaban J connectivity index is 1.79. The third kappa shape index (κ3) is 2.86. The van der Waals surface area contributed by atoms with Crippen molar-refractivity contribution in [2.75, 3.05) is 6.54 Å². The Kier molecular flexibility index (Phi) is 4.74. The van der Waals surface area contributed by atoms with Crippen LogP contribution < -0.4 is 5.73 Å². The lowest BCUT2D eigenvalue weighted by Crippen LogP contribution is -2.61. The molecule has 0 radical (unpaired) electrons. The SMILES string of the molecule is CC(=N)N1C[C@@H](SC2=C(C(=O)O)N3C(=O)[C@H]([C@@H](C)O)[C@H]3C2)C[C@H]1C(N)=O. The first-order valence-electron chi connectivity index (χ1n) is 8.38. The van der Waals surface area contributed by atoms with Crippen LogP contribution in [0, 0.1) is 11.3 Å². The monoisotopic (exact) mass is 382 g/mol. The molecule has 26 heavy (non-hydrogen) atoms. The fraction of sp³-hybridized carbons (Fsp3) is 0.625. The molecule has 5 atom stereocenters. The first-order valence-corrected chi connectivity index (χ1v) is 9.26. The number of hydrogen-bond donors (Lipinski definition) is 4. The lowest BCUT2D eigenvalue weighted by atomic mass is 9.83. The predicted molar refractivity (Wildman–Crippen MR) is 94.2 cm³/mol. The van der Waals surface area contributed by atoms with E-state index in [0.717, 1.165) is 0 Å². The number of carboxylic acid groups (broad SMARTS) is 1. The number of fused-ring (bicyclic) bond motifs is 1. The molecule has 3 heterocycles. The van der Waals surface area contributed by atoms with Crippen LogP contribution in [0.5, 0.6) is 0 Å². The van der Waals surface area contributed by atoms with Crippen molar-refractivity contribution < 1.29 is 24.6 Å². The average molecular weight is 382 g/mol. The molecular formula is C16H22N4O5S. The molecule has 0 unspecified atom stereocenters. The van der Waals surface area contributed by atoms with E-state index in [9.17, 15) is 24.6 Å². The maximum atomic E-state index is 12.2. The number of nitrogens with one attached hydrogen (secondary N) is 1. The van der Waals surface area contributed by atoms with Crippen LogP contribution in [-0.4, -0.2) is 73.6 Å². The highest BCUT2D eigenvalue weighted by atomic mass is 32.2. The number of aliphatic hydroxyl groups excluding tert-OH is 1. The van der Waals surface area contributed by atoms with Gasteiger partial charge in [0.15, 0.2) is 0 Å². The highest BCUT2D eigenvalue weighted by Crippen LogP contribution is 2.49. The minimum atomic E-state index is -1.17. The van der Waals surface area contributed by atoms with Crippen molar-refractivity contribution in [1.29, 1.82) is 5.41 Å². The van der Waals surface area contributed by atoms with Gasteiger partial charge < -0.3 is 25.7 Å². The summed E-state index contributed by atoms with van der Waals surface area (Å²) < 4.78 is 0. The summed E-state index contributed by atoms with van der Waals surface area (Å²) in [5.41, 5.74) is 5.40. The molecule has 3 aliphatic heterocycles. The fourth-order valence-corrected chi connectivity index (χ4v) is 5.54. The molecular weight excluding hydrogens is 360 g/mol. The molecule has 0 aromatic heterocycles. The highest BCUT2D eigenvalue weighted by molar-refractivity contribution is 8.03. The number of carbonyl (C=O) groups is 3. The molecule has 2 fully saturated rings. The van der Waals surface area contributed by atoms with Gasteiger partial charge in [0.1, 0.15) is 11.7 Å². The maximum Gasteiger partial charge on any atom is 0.353 e. The van der Waals surface area contributed by atoms with Gasteiger partial charge in [-0.3, -0.25) is 15.0 Å². The van der Waals surface area contributed by atoms with E-state index in [1.54, 1.807) is 11.8 Å². The number of β-lactam (4-membered cyclic amide) rings is 1. The molecule has 3 rings (SSSR count). The number of hydrogen-bond acceptors (Lipinski definition) is 6. The van der Waals surface area contributed by atoms with E-state index in [-0.39, 0.29) is 28.7 Å². The third-order valence-electron chi connectivity index (χ3n) is 5.22.